The minimum absolute atomic E-state index is 0.117. The van der Waals surface area contributed by atoms with E-state index in [0.29, 0.717) is 22.3 Å². The number of phenolic OH excluding ortho intramolecular Hbond substituents is 1. The van der Waals surface area contributed by atoms with Crippen molar-refractivity contribution in [3.63, 3.8) is 0 Å². The second-order valence-electron chi connectivity index (χ2n) is 9.22. The van der Waals surface area contributed by atoms with E-state index in [1.54, 1.807) is 64.1 Å². The van der Waals surface area contributed by atoms with Gasteiger partial charge in [0.25, 0.3) is 0 Å². The van der Waals surface area contributed by atoms with Crippen LogP contribution < -0.4 is 10.4 Å². The highest BCUT2D eigenvalue weighted by molar-refractivity contribution is 5.88. The highest BCUT2D eigenvalue weighted by Crippen LogP contribution is 2.47. The van der Waals surface area contributed by atoms with Crippen molar-refractivity contribution in [3.8, 4) is 11.5 Å². The van der Waals surface area contributed by atoms with Gasteiger partial charge in [0, 0.05) is 23.6 Å². The van der Waals surface area contributed by atoms with E-state index in [9.17, 15) is 19.5 Å². The van der Waals surface area contributed by atoms with E-state index in [2.05, 4.69) is 0 Å². The lowest BCUT2D eigenvalue weighted by molar-refractivity contribution is -0.171. The summed E-state index contributed by atoms with van der Waals surface area (Å²) >= 11 is 0. The average Bonchev–Trinajstić information content (AvgIpc) is 3.17. The molecule has 0 aliphatic carbocycles. The fraction of sp³-hybridized carbons (Fsp3) is 0.250. The van der Waals surface area contributed by atoms with Crippen LogP contribution in [0.15, 0.2) is 75.5 Å². The Morgan fingerprint density at radius 3 is 2.39 bits per heavy atom. The Morgan fingerprint density at radius 2 is 1.69 bits per heavy atom. The zero-order valence-electron chi connectivity index (χ0n) is 20.3. The number of phenols is 1. The second-order valence-corrected chi connectivity index (χ2v) is 9.22. The van der Waals surface area contributed by atoms with E-state index in [0.717, 1.165) is 5.57 Å². The van der Waals surface area contributed by atoms with Crippen LogP contribution in [0, 0.1) is 0 Å². The van der Waals surface area contributed by atoms with Crippen molar-refractivity contribution in [2.75, 3.05) is 0 Å². The lowest BCUT2D eigenvalue weighted by Gasteiger charge is -2.33. The normalized spacial score (nSPS) is 16.9. The number of hydrogen-bond acceptors (Lipinski definition) is 8. The maximum absolute atomic E-state index is 12.7. The Balaban J connectivity index is 1.66. The van der Waals surface area contributed by atoms with Crippen molar-refractivity contribution < 1.29 is 33.3 Å². The van der Waals surface area contributed by atoms with E-state index in [1.165, 1.54) is 30.4 Å². The molecule has 2 aromatic carbocycles. The van der Waals surface area contributed by atoms with Gasteiger partial charge in [-0.2, -0.15) is 0 Å². The third-order valence-electron chi connectivity index (χ3n) is 5.61. The van der Waals surface area contributed by atoms with Gasteiger partial charge in [-0.3, -0.25) is 0 Å². The van der Waals surface area contributed by atoms with Crippen molar-refractivity contribution in [1.29, 1.82) is 0 Å². The molecular formula is C28H26O8. The smallest absolute Gasteiger partial charge is 0.336 e. The Bertz CT molecular complexity index is 1420. The van der Waals surface area contributed by atoms with Crippen LogP contribution in [0.2, 0.25) is 0 Å². The fourth-order valence-electron chi connectivity index (χ4n) is 3.98. The van der Waals surface area contributed by atoms with Crippen LogP contribution >= 0.6 is 0 Å². The number of carbonyl (C=O) groups is 2. The number of rotatable bonds is 6. The Morgan fingerprint density at radius 1 is 1.00 bits per heavy atom. The molecule has 8 nitrogen and oxygen atoms in total. The van der Waals surface area contributed by atoms with Crippen LogP contribution in [-0.4, -0.2) is 28.8 Å². The number of hydrogen-bond donors (Lipinski definition) is 1. The summed E-state index contributed by atoms with van der Waals surface area (Å²) in [6.45, 7) is 6.82. The van der Waals surface area contributed by atoms with Gasteiger partial charge < -0.3 is 23.7 Å². The van der Waals surface area contributed by atoms with Crippen LogP contribution in [0.4, 0.5) is 0 Å². The monoisotopic (exact) mass is 490 g/mol. The zero-order valence-corrected chi connectivity index (χ0v) is 20.3. The summed E-state index contributed by atoms with van der Waals surface area (Å²) in [5.41, 5.74) is 0.264. The van der Waals surface area contributed by atoms with Gasteiger partial charge in [-0.1, -0.05) is 17.7 Å². The molecule has 2 heterocycles. The summed E-state index contributed by atoms with van der Waals surface area (Å²) < 4.78 is 23.1. The molecule has 8 heteroatoms. The summed E-state index contributed by atoms with van der Waals surface area (Å²) in [6, 6.07) is 12.7. The second kappa shape index (κ2) is 9.73. The molecule has 0 amide bonds. The predicted molar refractivity (Wildman–Crippen MR) is 132 cm³/mol. The number of carbonyl (C=O) groups excluding carboxylic acids is 2. The maximum Gasteiger partial charge on any atom is 0.336 e. The van der Waals surface area contributed by atoms with Gasteiger partial charge in [0.05, 0.1) is 5.56 Å². The first-order chi connectivity index (χ1) is 17.0. The van der Waals surface area contributed by atoms with Crippen LogP contribution in [0.3, 0.4) is 0 Å². The molecule has 0 spiro atoms. The molecule has 2 atom stereocenters. The molecule has 0 fully saturated rings. The number of fused-ring (bicyclic) bond motifs is 3. The number of aromatic hydroxyl groups is 1. The molecule has 2 unspecified atom stereocenters. The van der Waals surface area contributed by atoms with E-state index in [1.807, 2.05) is 0 Å². The molecule has 3 aromatic rings. The van der Waals surface area contributed by atoms with E-state index < -0.39 is 35.4 Å². The highest BCUT2D eigenvalue weighted by atomic mass is 16.6. The highest BCUT2D eigenvalue weighted by Gasteiger charge is 2.50. The van der Waals surface area contributed by atoms with Gasteiger partial charge in [0.2, 0.25) is 0 Å². The van der Waals surface area contributed by atoms with E-state index >= 15 is 0 Å². The number of ether oxygens (including phenoxy) is 3. The van der Waals surface area contributed by atoms with E-state index in [-0.39, 0.29) is 11.3 Å². The molecule has 1 aliphatic heterocycles. The summed E-state index contributed by atoms with van der Waals surface area (Å²) in [4.78, 5) is 37.3. The Hall–Kier alpha value is -4.33. The number of benzene rings is 2. The summed E-state index contributed by atoms with van der Waals surface area (Å²) in [5.74, 6) is -0.768. The summed E-state index contributed by atoms with van der Waals surface area (Å²) in [7, 11) is 0. The first kappa shape index (κ1) is 24.8. The van der Waals surface area contributed by atoms with Gasteiger partial charge >= 0.3 is 17.6 Å². The third kappa shape index (κ3) is 5.33. The molecule has 1 N–H and O–H groups in total. The van der Waals surface area contributed by atoms with Crippen LogP contribution in [0.5, 0.6) is 11.5 Å². The lowest BCUT2D eigenvalue weighted by Crippen LogP contribution is -2.46. The van der Waals surface area contributed by atoms with Gasteiger partial charge in [0.15, 0.2) is 12.2 Å². The molecule has 0 saturated heterocycles. The zero-order chi connectivity index (χ0) is 26.0. The average molecular weight is 491 g/mol. The van der Waals surface area contributed by atoms with Crippen LogP contribution in [0.1, 0.15) is 44.9 Å². The fourth-order valence-corrected chi connectivity index (χ4v) is 3.98. The maximum atomic E-state index is 12.7. The molecule has 1 aliphatic rings. The van der Waals surface area contributed by atoms with Gasteiger partial charge in [-0.15, -0.1) is 0 Å². The first-order valence-electron chi connectivity index (χ1n) is 11.3. The van der Waals surface area contributed by atoms with Crippen LogP contribution in [-0.2, 0) is 19.1 Å². The van der Waals surface area contributed by atoms with Crippen molar-refractivity contribution in [3.05, 3.63) is 87.8 Å². The molecular weight excluding hydrogens is 464 g/mol. The SMILES string of the molecule is CC(C)=CC(=O)OC1c2c(ccc3ccc(=O)oc23)OC1C(C)(C)OC(=O)/C=C/c1ccc(O)cc1. The largest absolute Gasteiger partial charge is 0.508 e. The number of esters is 2. The van der Waals surface area contributed by atoms with Gasteiger partial charge in [-0.05, 0) is 69.7 Å². The standard InChI is InChI=1S/C28H26O8/c1-16(2)15-23(32)35-26-24-20(12-8-18-9-14-21(30)34-25(18)24)33-27(26)28(3,4)36-22(31)13-7-17-5-10-19(29)11-6-17/h5-15,26-27,29H,1-4H3/b13-7+. The Labute approximate surface area is 207 Å². The van der Waals surface area contributed by atoms with Crippen molar-refractivity contribution in [2.24, 2.45) is 0 Å². The quantitative estimate of drug-likeness (QED) is 0.297. The van der Waals surface area contributed by atoms with Crippen molar-refractivity contribution in [2.45, 2.75) is 45.5 Å². The molecule has 186 valence electrons. The molecule has 0 bridgehead atoms. The molecule has 4 rings (SSSR count). The predicted octanol–water partition coefficient (Wildman–Crippen LogP) is 4.85. The van der Waals surface area contributed by atoms with Crippen molar-refractivity contribution in [1.82, 2.24) is 0 Å². The molecule has 0 radical (unpaired) electrons. The van der Waals surface area contributed by atoms with E-state index in [4.69, 9.17) is 18.6 Å². The number of allylic oxidation sites excluding steroid dienone is 1. The molecule has 0 saturated carbocycles. The summed E-state index contributed by atoms with van der Waals surface area (Å²) in [6.07, 6.45) is 2.21. The van der Waals surface area contributed by atoms with Gasteiger partial charge in [0.1, 0.15) is 22.7 Å². The lowest BCUT2D eigenvalue weighted by atomic mass is 9.93. The Kier molecular flexibility index (Phi) is 6.70. The third-order valence-corrected chi connectivity index (χ3v) is 5.61. The minimum atomic E-state index is -1.26. The molecule has 36 heavy (non-hydrogen) atoms. The summed E-state index contributed by atoms with van der Waals surface area (Å²) in [5, 5.41) is 10.0. The van der Waals surface area contributed by atoms with Gasteiger partial charge in [-0.25, -0.2) is 14.4 Å². The molecule has 1 aromatic heterocycles. The minimum Gasteiger partial charge on any atom is -0.508 e. The van der Waals surface area contributed by atoms with Crippen LogP contribution in [0.25, 0.3) is 17.0 Å². The van der Waals surface area contributed by atoms with Crippen molar-refractivity contribution >= 4 is 29.0 Å². The first-order valence-corrected chi connectivity index (χ1v) is 11.3. The topological polar surface area (TPSA) is 112 Å².